The Labute approximate surface area is 136 Å². The number of pyridine rings is 1. The highest BCUT2D eigenvalue weighted by Crippen LogP contribution is 2.28. The van der Waals surface area contributed by atoms with Crippen LogP contribution in [0.15, 0.2) is 39.4 Å². The first-order valence-corrected chi connectivity index (χ1v) is 7.13. The maximum absolute atomic E-state index is 12.2. The lowest BCUT2D eigenvalue weighted by atomic mass is 10.2. The zero-order chi connectivity index (χ0) is 15.6. The number of nitrogens with two attached hydrogens (primary N) is 1. The van der Waals surface area contributed by atoms with Crippen molar-refractivity contribution in [3.05, 3.63) is 55.1 Å². The predicted molar refractivity (Wildman–Crippen MR) is 85.1 cm³/mol. The zero-order valence-corrected chi connectivity index (χ0v) is 13.5. The molecule has 0 aliphatic heterocycles. The number of nitrogens with one attached hydrogen (secondary N) is 1. The molecule has 9 heteroatoms. The quantitative estimate of drug-likeness (QED) is 0.589. The van der Waals surface area contributed by atoms with Gasteiger partial charge in [-0.2, -0.15) is 0 Å². The Bertz CT molecular complexity index is 736. The average Bonchev–Trinajstić information content (AvgIpc) is 2.43. The van der Waals surface area contributed by atoms with Crippen LogP contribution in [0.3, 0.4) is 0 Å². The molecule has 7 nitrogen and oxygen atoms in total. The number of rotatable bonds is 3. The number of carbonyl (C=O) groups is 1. The van der Waals surface area contributed by atoms with Gasteiger partial charge in [0.15, 0.2) is 0 Å². The first-order valence-electron chi connectivity index (χ1n) is 5.55. The van der Waals surface area contributed by atoms with Crippen LogP contribution in [0.4, 0.5) is 17.2 Å². The van der Waals surface area contributed by atoms with E-state index in [9.17, 15) is 14.9 Å². The topological polar surface area (TPSA) is 111 Å². The fraction of sp³-hybridized carbons (Fsp3) is 0. The molecule has 21 heavy (non-hydrogen) atoms. The molecule has 0 fully saturated rings. The minimum Gasteiger partial charge on any atom is -0.383 e. The molecule has 1 aromatic carbocycles. The van der Waals surface area contributed by atoms with E-state index in [1.165, 1.54) is 30.5 Å². The summed E-state index contributed by atoms with van der Waals surface area (Å²) in [5.41, 5.74) is 6.17. The van der Waals surface area contributed by atoms with Gasteiger partial charge in [-0.25, -0.2) is 4.98 Å². The lowest BCUT2D eigenvalue weighted by Crippen LogP contribution is -2.15. The van der Waals surface area contributed by atoms with Gasteiger partial charge in [-0.3, -0.25) is 14.9 Å². The van der Waals surface area contributed by atoms with E-state index in [0.717, 1.165) is 0 Å². The van der Waals surface area contributed by atoms with Gasteiger partial charge in [0.1, 0.15) is 5.82 Å². The average molecular weight is 416 g/mol. The monoisotopic (exact) mass is 414 g/mol. The fourth-order valence-electron chi connectivity index (χ4n) is 1.54. The second-order valence-corrected chi connectivity index (χ2v) is 5.73. The van der Waals surface area contributed by atoms with Crippen LogP contribution >= 0.6 is 31.9 Å². The number of amides is 1. The lowest BCUT2D eigenvalue weighted by Gasteiger charge is -2.09. The van der Waals surface area contributed by atoms with Gasteiger partial charge in [0.05, 0.1) is 16.2 Å². The van der Waals surface area contributed by atoms with Crippen molar-refractivity contribution < 1.29 is 9.72 Å². The van der Waals surface area contributed by atoms with Crippen molar-refractivity contribution in [2.75, 3.05) is 11.1 Å². The molecule has 3 N–H and O–H groups in total. The number of hydrogen-bond donors (Lipinski definition) is 2. The predicted octanol–water partition coefficient (Wildman–Crippen LogP) is 3.35. The number of nitrogens with zero attached hydrogens (tertiary/aromatic N) is 2. The molecule has 0 spiro atoms. The van der Waals surface area contributed by atoms with Crippen molar-refractivity contribution in [2.45, 2.75) is 0 Å². The summed E-state index contributed by atoms with van der Waals surface area (Å²) in [6.07, 6.45) is 1.48. The van der Waals surface area contributed by atoms with Crippen molar-refractivity contribution in [1.29, 1.82) is 0 Å². The van der Waals surface area contributed by atoms with Crippen molar-refractivity contribution in [2.24, 2.45) is 0 Å². The van der Waals surface area contributed by atoms with Crippen LogP contribution in [0.25, 0.3) is 0 Å². The summed E-state index contributed by atoms with van der Waals surface area (Å²) in [7, 11) is 0. The van der Waals surface area contributed by atoms with Crippen molar-refractivity contribution in [1.82, 2.24) is 4.98 Å². The van der Waals surface area contributed by atoms with Crippen LogP contribution in [0.5, 0.6) is 0 Å². The fourth-order valence-corrected chi connectivity index (χ4v) is 2.34. The number of hydrogen-bond acceptors (Lipinski definition) is 5. The summed E-state index contributed by atoms with van der Waals surface area (Å²) in [5.74, 6) is -0.371. The Morgan fingerprint density at radius 3 is 2.67 bits per heavy atom. The molecule has 0 unspecified atom stereocenters. The molecule has 2 rings (SSSR count). The van der Waals surface area contributed by atoms with E-state index in [2.05, 4.69) is 42.2 Å². The molecule has 0 aliphatic rings. The number of nitro groups is 1. The largest absolute Gasteiger partial charge is 0.383 e. The van der Waals surface area contributed by atoms with E-state index in [4.69, 9.17) is 5.73 Å². The number of aromatic nitrogens is 1. The highest BCUT2D eigenvalue weighted by atomic mass is 79.9. The van der Waals surface area contributed by atoms with Crippen LogP contribution in [-0.4, -0.2) is 15.8 Å². The van der Waals surface area contributed by atoms with Crippen LogP contribution < -0.4 is 11.1 Å². The maximum Gasteiger partial charge on any atom is 0.270 e. The van der Waals surface area contributed by atoms with Crippen LogP contribution in [0, 0.1) is 10.1 Å². The zero-order valence-electron chi connectivity index (χ0n) is 10.3. The summed E-state index contributed by atoms with van der Waals surface area (Å²) in [5, 5.41) is 13.3. The van der Waals surface area contributed by atoms with Crippen LogP contribution in [0.2, 0.25) is 0 Å². The number of anilines is 2. The van der Waals surface area contributed by atoms with Gasteiger partial charge in [0.25, 0.3) is 11.6 Å². The van der Waals surface area contributed by atoms with E-state index in [0.29, 0.717) is 14.6 Å². The third-order valence-electron chi connectivity index (χ3n) is 2.54. The first-order chi connectivity index (χ1) is 9.88. The molecular formula is C12H8Br2N4O3. The molecule has 0 radical (unpaired) electrons. The molecule has 0 aliphatic carbocycles. The number of carbonyl (C=O) groups excluding carboxylic acids is 1. The molecule has 0 saturated carbocycles. The summed E-state index contributed by atoms with van der Waals surface area (Å²) in [6, 6.07) is 5.57. The van der Waals surface area contributed by atoms with E-state index in [1.807, 2.05) is 0 Å². The minimum atomic E-state index is -0.521. The van der Waals surface area contributed by atoms with E-state index < -0.39 is 10.8 Å². The maximum atomic E-state index is 12.2. The molecule has 0 saturated heterocycles. The number of nitro benzene ring substituents is 1. The lowest BCUT2D eigenvalue weighted by molar-refractivity contribution is -0.384. The van der Waals surface area contributed by atoms with Gasteiger partial charge < -0.3 is 11.1 Å². The number of non-ortho nitro benzene ring substituents is 1. The molecule has 1 amide bonds. The highest BCUT2D eigenvalue weighted by Gasteiger charge is 2.15. The van der Waals surface area contributed by atoms with E-state index >= 15 is 0 Å². The van der Waals surface area contributed by atoms with Gasteiger partial charge in [-0.15, -0.1) is 0 Å². The molecule has 1 aromatic heterocycles. The number of benzene rings is 1. The van der Waals surface area contributed by atoms with Crippen LogP contribution in [0.1, 0.15) is 10.4 Å². The van der Waals surface area contributed by atoms with Gasteiger partial charge in [-0.1, -0.05) is 0 Å². The van der Waals surface area contributed by atoms with Crippen molar-refractivity contribution >= 4 is 55.0 Å². The van der Waals surface area contributed by atoms with Gasteiger partial charge in [0, 0.05) is 27.3 Å². The molecule has 0 bridgehead atoms. The Hall–Kier alpha value is -2.00. The second kappa shape index (κ2) is 6.19. The minimum absolute atomic E-state index is 0.0801. The van der Waals surface area contributed by atoms with Crippen LogP contribution in [-0.2, 0) is 0 Å². The normalized spacial score (nSPS) is 10.2. The SMILES string of the molecule is Nc1ncc(Br)cc1C(=O)Nc1ccc([N+](=O)[O-])cc1Br. The van der Waals surface area contributed by atoms with E-state index in [1.54, 1.807) is 0 Å². The number of nitrogen functional groups attached to an aromatic ring is 1. The second-order valence-electron chi connectivity index (χ2n) is 3.96. The van der Waals surface area contributed by atoms with E-state index in [-0.39, 0.29) is 17.1 Å². The third-order valence-corrected chi connectivity index (χ3v) is 3.63. The highest BCUT2D eigenvalue weighted by molar-refractivity contribution is 9.10. The number of halogens is 2. The summed E-state index contributed by atoms with van der Waals surface area (Å²) in [4.78, 5) is 26.2. The summed E-state index contributed by atoms with van der Waals surface area (Å²) >= 11 is 6.38. The van der Waals surface area contributed by atoms with Crippen molar-refractivity contribution in [3.63, 3.8) is 0 Å². The standard InChI is InChI=1S/C12H8Br2N4O3/c13-6-3-8(11(15)16-5-6)12(19)17-10-2-1-7(18(20)21)4-9(10)14/h1-5H,(H2,15,16)(H,17,19). The third kappa shape index (κ3) is 3.56. The Kier molecular flexibility index (Phi) is 4.53. The molecule has 0 atom stereocenters. The molecule has 1 heterocycles. The van der Waals surface area contributed by atoms with Gasteiger partial charge >= 0.3 is 0 Å². The smallest absolute Gasteiger partial charge is 0.270 e. The first kappa shape index (κ1) is 15.4. The Balaban J connectivity index is 2.27. The van der Waals surface area contributed by atoms with Gasteiger partial charge in [-0.05, 0) is 44.0 Å². The Morgan fingerprint density at radius 1 is 1.33 bits per heavy atom. The summed E-state index contributed by atoms with van der Waals surface area (Å²) in [6.45, 7) is 0. The Morgan fingerprint density at radius 2 is 2.05 bits per heavy atom. The van der Waals surface area contributed by atoms with Gasteiger partial charge in [0.2, 0.25) is 0 Å². The molecule has 108 valence electrons. The molecular weight excluding hydrogens is 408 g/mol. The van der Waals surface area contributed by atoms with Crippen molar-refractivity contribution in [3.8, 4) is 0 Å². The molecule has 2 aromatic rings. The summed E-state index contributed by atoms with van der Waals surface area (Å²) < 4.78 is 1.01.